The average molecular weight is 272 g/mol. The standard InChI is InChI=1S/C15H20N4O/c1-15(2,3)14(16)9-13(20)12-10-17-18-19(12)11-7-5-4-6-8-11/h4-8,10,14H,9,16H2,1-3H3. The molecule has 1 atom stereocenters. The fourth-order valence-corrected chi connectivity index (χ4v) is 1.80. The van der Waals surface area contributed by atoms with Crippen molar-refractivity contribution in [1.29, 1.82) is 0 Å². The molecule has 0 saturated carbocycles. The molecule has 0 radical (unpaired) electrons. The molecular weight excluding hydrogens is 252 g/mol. The van der Waals surface area contributed by atoms with E-state index in [1.165, 1.54) is 6.20 Å². The highest BCUT2D eigenvalue weighted by molar-refractivity contribution is 5.95. The van der Waals surface area contributed by atoms with Gasteiger partial charge in [-0.25, -0.2) is 4.68 Å². The lowest BCUT2D eigenvalue weighted by Crippen LogP contribution is -2.37. The molecule has 1 unspecified atom stereocenters. The first-order valence-corrected chi connectivity index (χ1v) is 6.64. The number of rotatable bonds is 4. The lowest BCUT2D eigenvalue weighted by Gasteiger charge is -2.26. The molecule has 1 heterocycles. The Morgan fingerprint density at radius 3 is 2.55 bits per heavy atom. The zero-order chi connectivity index (χ0) is 14.8. The molecule has 5 nitrogen and oxygen atoms in total. The molecule has 0 amide bonds. The summed E-state index contributed by atoms with van der Waals surface area (Å²) in [6.45, 7) is 6.08. The molecule has 106 valence electrons. The largest absolute Gasteiger partial charge is 0.327 e. The van der Waals surface area contributed by atoms with Crippen LogP contribution in [-0.4, -0.2) is 26.8 Å². The SMILES string of the molecule is CC(C)(C)C(N)CC(=O)c1cnnn1-c1ccccc1. The minimum Gasteiger partial charge on any atom is -0.327 e. The van der Waals surface area contributed by atoms with Crippen molar-refractivity contribution in [3.8, 4) is 5.69 Å². The van der Waals surface area contributed by atoms with Gasteiger partial charge in [0.2, 0.25) is 0 Å². The number of Topliss-reactive ketones (excluding diaryl/α,β-unsaturated/α-hetero) is 1. The molecule has 2 N–H and O–H groups in total. The Bertz CT molecular complexity index is 583. The Labute approximate surface area is 118 Å². The molecule has 2 rings (SSSR count). The first-order chi connectivity index (χ1) is 9.39. The van der Waals surface area contributed by atoms with Crippen molar-refractivity contribution < 1.29 is 4.79 Å². The number of ketones is 1. The highest BCUT2D eigenvalue weighted by Gasteiger charge is 2.25. The summed E-state index contributed by atoms with van der Waals surface area (Å²) in [7, 11) is 0. The average Bonchev–Trinajstić information content (AvgIpc) is 2.87. The summed E-state index contributed by atoms with van der Waals surface area (Å²) in [6, 6.07) is 9.27. The van der Waals surface area contributed by atoms with Crippen LogP contribution in [0.3, 0.4) is 0 Å². The number of hydrogen-bond donors (Lipinski definition) is 1. The number of nitrogens with two attached hydrogens (primary N) is 1. The predicted octanol–water partition coefficient (Wildman–Crippen LogP) is 2.21. The molecule has 0 bridgehead atoms. The Morgan fingerprint density at radius 2 is 1.95 bits per heavy atom. The van der Waals surface area contributed by atoms with Crippen molar-refractivity contribution in [2.45, 2.75) is 33.2 Å². The summed E-state index contributed by atoms with van der Waals surface area (Å²) in [5.41, 5.74) is 7.25. The van der Waals surface area contributed by atoms with E-state index in [1.807, 2.05) is 51.1 Å². The molecule has 0 aliphatic heterocycles. The van der Waals surface area contributed by atoms with E-state index in [0.29, 0.717) is 5.69 Å². The van der Waals surface area contributed by atoms with Crippen molar-refractivity contribution in [3.05, 3.63) is 42.2 Å². The summed E-state index contributed by atoms with van der Waals surface area (Å²) in [5, 5.41) is 7.82. The van der Waals surface area contributed by atoms with E-state index in [-0.39, 0.29) is 23.7 Å². The van der Waals surface area contributed by atoms with Crippen LogP contribution < -0.4 is 5.73 Å². The Hall–Kier alpha value is -2.01. The zero-order valence-corrected chi connectivity index (χ0v) is 12.1. The first-order valence-electron chi connectivity index (χ1n) is 6.64. The van der Waals surface area contributed by atoms with Crippen molar-refractivity contribution in [1.82, 2.24) is 15.0 Å². The van der Waals surface area contributed by atoms with Gasteiger partial charge in [0.05, 0.1) is 11.9 Å². The molecule has 1 aromatic carbocycles. The molecule has 0 spiro atoms. The second-order valence-electron chi connectivity index (χ2n) is 5.97. The van der Waals surface area contributed by atoms with Gasteiger partial charge in [-0.2, -0.15) is 0 Å². The number of carbonyl (C=O) groups is 1. The van der Waals surface area contributed by atoms with Gasteiger partial charge < -0.3 is 5.73 Å². The second-order valence-corrected chi connectivity index (χ2v) is 5.97. The van der Waals surface area contributed by atoms with Crippen LogP contribution in [0.1, 0.15) is 37.7 Å². The number of benzene rings is 1. The monoisotopic (exact) mass is 272 g/mol. The van der Waals surface area contributed by atoms with E-state index < -0.39 is 0 Å². The van der Waals surface area contributed by atoms with Gasteiger partial charge in [0, 0.05) is 12.5 Å². The maximum Gasteiger partial charge on any atom is 0.184 e. The third-order valence-electron chi connectivity index (χ3n) is 3.35. The van der Waals surface area contributed by atoms with Crippen LogP contribution in [0, 0.1) is 5.41 Å². The number of nitrogens with zero attached hydrogens (tertiary/aromatic N) is 3. The van der Waals surface area contributed by atoms with Gasteiger partial charge >= 0.3 is 0 Å². The summed E-state index contributed by atoms with van der Waals surface area (Å²) in [4.78, 5) is 12.4. The van der Waals surface area contributed by atoms with Gasteiger partial charge in [0.1, 0.15) is 5.69 Å². The number of para-hydroxylation sites is 1. The Kier molecular flexibility index (Phi) is 3.99. The third-order valence-corrected chi connectivity index (χ3v) is 3.35. The highest BCUT2D eigenvalue weighted by atomic mass is 16.1. The van der Waals surface area contributed by atoms with Crippen LogP contribution in [0.4, 0.5) is 0 Å². The number of hydrogen-bond acceptors (Lipinski definition) is 4. The topological polar surface area (TPSA) is 73.8 Å². The predicted molar refractivity (Wildman–Crippen MR) is 77.7 cm³/mol. The fourth-order valence-electron chi connectivity index (χ4n) is 1.80. The first kappa shape index (κ1) is 14.4. The van der Waals surface area contributed by atoms with Crippen LogP contribution >= 0.6 is 0 Å². The molecule has 0 fully saturated rings. The van der Waals surface area contributed by atoms with Crippen LogP contribution in [0.2, 0.25) is 0 Å². The number of carbonyl (C=O) groups excluding carboxylic acids is 1. The molecule has 20 heavy (non-hydrogen) atoms. The lowest BCUT2D eigenvalue weighted by atomic mass is 9.84. The van der Waals surface area contributed by atoms with Gasteiger partial charge in [0.15, 0.2) is 5.78 Å². The van der Waals surface area contributed by atoms with E-state index in [0.717, 1.165) is 5.69 Å². The van der Waals surface area contributed by atoms with E-state index in [1.54, 1.807) is 4.68 Å². The molecule has 0 aliphatic rings. The van der Waals surface area contributed by atoms with E-state index in [2.05, 4.69) is 10.3 Å². The second kappa shape index (κ2) is 5.54. The smallest absolute Gasteiger partial charge is 0.184 e. The molecule has 0 aliphatic carbocycles. The molecule has 1 aromatic heterocycles. The van der Waals surface area contributed by atoms with Crippen LogP contribution in [0.25, 0.3) is 5.69 Å². The van der Waals surface area contributed by atoms with Crippen molar-refractivity contribution in [2.24, 2.45) is 11.1 Å². The van der Waals surface area contributed by atoms with Crippen molar-refractivity contribution in [3.63, 3.8) is 0 Å². The summed E-state index contributed by atoms with van der Waals surface area (Å²) >= 11 is 0. The Morgan fingerprint density at radius 1 is 1.30 bits per heavy atom. The highest BCUT2D eigenvalue weighted by Crippen LogP contribution is 2.21. The van der Waals surface area contributed by atoms with Crippen LogP contribution in [0.15, 0.2) is 36.5 Å². The van der Waals surface area contributed by atoms with Crippen LogP contribution in [0.5, 0.6) is 0 Å². The third kappa shape index (κ3) is 3.11. The Balaban J connectivity index is 2.23. The zero-order valence-electron chi connectivity index (χ0n) is 12.1. The normalized spacial score (nSPS) is 13.2. The molecule has 2 aromatic rings. The molecule has 0 saturated heterocycles. The van der Waals surface area contributed by atoms with Gasteiger partial charge in [-0.3, -0.25) is 4.79 Å². The summed E-state index contributed by atoms with van der Waals surface area (Å²) in [6.07, 6.45) is 1.77. The fraction of sp³-hybridized carbons (Fsp3) is 0.400. The quantitative estimate of drug-likeness (QED) is 0.866. The van der Waals surface area contributed by atoms with E-state index in [9.17, 15) is 4.79 Å². The van der Waals surface area contributed by atoms with Gasteiger partial charge in [-0.15, -0.1) is 5.10 Å². The molecular formula is C15H20N4O. The summed E-state index contributed by atoms with van der Waals surface area (Å²) in [5.74, 6) is -0.0405. The van der Waals surface area contributed by atoms with Gasteiger partial charge in [-0.1, -0.05) is 44.2 Å². The lowest BCUT2D eigenvalue weighted by molar-refractivity contribution is 0.0945. The van der Waals surface area contributed by atoms with Gasteiger partial charge in [0.25, 0.3) is 0 Å². The minimum absolute atomic E-state index is 0.0405. The minimum atomic E-state index is -0.200. The summed E-state index contributed by atoms with van der Waals surface area (Å²) < 4.78 is 1.55. The number of aromatic nitrogens is 3. The van der Waals surface area contributed by atoms with E-state index in [4.69, 9.17) is 5.73 Å². The van der Waals surface area contributed by atoms with Gasteiger partial charge in [-0.05, 0) is 17.5 Å². The van der Waals surface area contributed by atoms with Crippen LogP contribution in [-0.2, 0) is 0 Å². The molecule has 5 heteroatoms. The maximum atomic E-state index is 12.4. The maximum absolute atomic E-state index is 12.4. The van der Waals surface area contributed by atoms with Crippen molar-refractivity contribution in [2.75, 3.05) is 0 Å². The van der Waals surface area contributed by atoms with E-state index >= 15 is 0 Å². The van der Waals surface area contributed by atoms with Crippen molar-refractivity contribution >= 4 is 5.78 Å².